The van der Waals surface area contributed by atoms with E-state index in [0.717, 1.165) is 23.4 Å². The van der Waals surface area contributed by atoms with Gasteiger partial charge in [-0.05, 0) is 56.0 Å². The molecule has 1 N–H and O–H groups in total. The third-order valence-corrected chi connectivity index (χ3v) is 6.04. The van der Waals surface area contributed by atoms with E-state index in [2.05, 4.69) is 36.4 Å². The Morgan fingerprint density at radius 2 is 1.72 bits per heavy atom. The summed E-state index contributed by atoms with van der Waals surface area (Å²) in [6.45, 7) is 8.48. The lowest BCUT2D eigenvalue weighted by atomic mass is 9.98. The third-order valence-electron chi connectivity index (χ3n) is 5.33. The van der Waals surface area contributed by atoms with Crippen LogP contribution in [0.1, 0.15) is 59.1 Å². The van der Waals surface area contributed by atoms with E-state index < -0.39 is 0 Å². The molecule has 29 heavy (non-hydrogen) atoms. The van der Waals surface area contributed by atoms with E-state index in [-0.39, 0.29) is 5.91 Å². The van der Waals surface area contributed by atoms with Gasteiger partial charge < -0.3 is 5.32 Å². The molecule has 152 valence electrons. The number of amides is 1. The summed E-state index contributed by atoms with van der Waals surface area (Å²) in [4.78, 5) is 12.9. The Kier molecular flexibility index (Phi) is 6.66. The van der Waals surface area contributed by atoms with E-state index in [1.54, 1.807) is 22.9 Å². The van der Waals surface area contributed by atoms with Crippen molar-refractivity contribution in [3.63, 3.8) is 0 Å². The molecule has 0 saturated carbocycles. The summed E-state index contributed by atoms with van der Waals surface area (Å²) in [5.41, 5.74) is 4.82. The van der Waals surface area contributed by atoms with Crippen LogP contribution in [0.15, 0.2) is 42.5 Å². The van der Waals surface area contributed by atoms with Crippen molar-refractivity contribution in [2.75, 3.05) is 5.32 Å². The summed E-state index contributed by atoms with van der Waals surface area (Å²) in [5, 5.41) is 8.68. The summed E-state index contributed by atoms with van der Waals surface area (Å²) in [6, 6.07) is 13.4. The van der Waals surface area contributed by atoms with Crippen molar-refractivity contribution in [3.05, 3.63) is 80.6 Å². The minimum absolute atomic E-state index is 0.173. The fraction of sp³-hybridized carbons (Fsp3) is 0.304. The molecule has 1 atom stereocenters. The third kappa shape index (κ3) is 4.65. The van der Waals surface area contributed by atoms with E-state index in [4.69, 9.17) is 23.2 Å². The maximum absolute atomic E-state index is 12.9. The summed E-state index contributed by atoms with van der Waals surface area (Å²) < 4.78 is 1.77. The fourth-order valence-corrected chi connectivity index (χ4v) is 3.85. The Morgan fingerprint density at radius 1 is 1.10 bits per heavy atom. The van der Waals surface area contributed by atoms with E-state index >= 15 is 0 Å². The van der Waals surface area contributed by atoms with Crippen LogP contribution < -0.4 is 5.32 Å². The fourth-order valence-electron chi connectivity index (χ4n) is 3.34. The molecule has 2 aromatic carbocycles. The average Bonchev–Trinajstić information content (AvgIpc) is 2.98. The van der Waals surface area contributed by atoms with Crippen molar-refractivity contribution in [3.8, 4) is 0 Å². The molecule has 0 bridgehead atoms. The molecule has 4 nitrogen and oxygen atoms in total. The molecule has 1 aromatic heterocycles. The molecule has 0 aliphatic heterocycles. The highest BCUT2D eigenvalue weighted by molar-refractivity contribution is 6.36. The standard InChI is InChI=1S/C23H25Cl2N3O/c1-5-14(2)17-9-11-18(12-10-17)26-23(29)22-15(3)27-28(16(22)4)13-19-20(24)7-6-8-21(19)25/h6-12,14H,5,13H2,1-4H3,(H,26,29)/t14-/m0/s1. The zero-order valence-electron chi connectivity index (χ0n) is 17.1. The molecular formula is C23H25Cl2N3O. The van der Waals surface area contributed by atoms with Gasteiger partial charge in [0, 0.05) is 27.0 Å². The van der Waals surface area contributed by atoms with E-state index in [1.165, 1.54) is 5.56 Å². The number of carbonyl (C=O) groups is 1. The molecule has 3 aromatic rings. The van der Waals surface area contributed by atoms with Gasteiger partial charge in [0.05, 0.1) is 17.8 Å². The number of anilines is 1. The highest BCUT2D eigenvalue weighted by Crippen LogP contribution is 2.27. The molecule has 0 fully saturated rings. The van der Waals surface area contributed by atoms with Crippen molar-refractivity contribution in [2.45, 2.75) is 46.6 Å². The molecule has 0 aliphatic carbocycles. The smallest absolute Gasteiger partial charge is 0.259 e. The van der Waals surface area contributed by atoms with Crippen molar-refractivity contribution in [2.24, 2.45) is 0 Å². The first-order valence-corrected chi connectivity index (χ1v) is 10.5. The summed E-state index contributed by atoms with van der Waals surface area (Å²) in [5.74, 6) is 0.326. The average molecular weight is 430 g/mol. The van der Waals surface area contributed by atoms with Crippen molar-refractivity contribution < 1.29 is 4.79 Å². The second-order valence-electron chi connectivity index (χ2n) is 7.29. The molecule has 1 amide bonds. The zero-order valence-corrected chi connectivity index (χ0v) is 18.6. The van der Waals surface area contributed by atoms with Gasteiger partial charge in [-0.3, -0.25) is 9.48 Å². The molecule has 0 spiro atoms. The highest BCUT2D eigenvalue weighted by Gasteiger charge is 2.20. The summed E-state index contributed by atoms with van der Waals surface area (Å²) >= 11 is 12.6. The van der Waals surface area contributed by atoms with Crippen LogP contribution in [-0.2, 0) is 6.54 Å². The van der Waals surface area contributed by atoms with Crippen LogP contribution in [0.4, 0.5) is 5.69 Å². The van der Waals surface area contributed by atoms with Gasteiger partial charge in [-0.1, -0.05) is 55.2 Å². The maximum Gasteiger partial charge on any atom is 0.259 e. The number of nitrogens with one attached hydrogen (secondary N) is 1. The molecule has 0 aliphatic rings. The Labute approximate surface area is 181 Å². The second kappa shape index (κ2) is 9.02. The number of aryl methyl sites for hydroxylation is 1. The van der Waals surface area contributed by atoms with Crippen molar-refractivity contribution in [1.29, 1.82) is 0 Å². The number of rotatable bonds is 6. The van der Waals surface area contributed by atoms with Gasteiger partial charge >= 0.3 is 0 Å². The largest absolute Gasteiger partial charge is 0.322 e. The quantitative estimate of drug-likeness (QED) is 0.478. The molecule has 1 heterocycles. The van der Waals surface area contributed by atoms with E-state index in [0.29, 0.717) is 33.8 Å². The van der Waals surface area contributed by atoms with Gasteiger partial charge in [-0.25, -0.2) is 0 Å². The van der Waals surface area contributed by atoms with Gasteiger partial charge in [-0.15, -0.1) is 0 Å². The van der Waals surface area contributed by atoms with Crippen LogP contribution in [-0.4, -0.2) is 15.7 Å². The normalized spacial score (nSPS) is 12.1. The maximum atomic E-state index is 12.9. The Balaban J connectivity index is 1.81. The predicted molar refractivity (Wildman–Crippen MR) is 120 cm³/mol. The van der Waals surface area contributed by atoms with Crippen LogP contribution in [0.5, 0.6) is 0 Å². The topological polar surface area (TPSA) is 46.9 Å². The van der Waals surface area contributed by atoms with Crippen LogP contribution >= 0.6 is 23.2 Å². The summed E-state index contributed by atoms with van der Waals surface area (Å²) in [6.07, 6.45) is 1.08. The summed E-state index contributed by atoms with van der Waals surface area (Å²) in [7, 11) is 0. The minimum atomic E-state index is -0.173. The first-order valence-electron chi connectivity index (χ1n) is 9.70. The molecule has 3 rings (SSSR count). The van der Waals surface area contributed by atoms with Crippen LogP contribution in [0.2, 0.25) is 10.0 Å². The lowest BCUT2D eigenvalue weighted by Gasteiger charge is -2.11. The van der Waals surface area contributed by atoms with Crippen molar-refractivity contribution >= 4 is 34.8 Å². The van der Waals surface area contributed by atoms with E-state index in [1.807, 2.05) is 26.0 Å². The molecule has 0 saturated heterocycles. The Hall–Kier alpha value is -2.30. The lowest BCUT2D eigenvalue weighted by molar-refractivity contribution is 0.102. The Morgan fingerprint density at radius 3 is 2.31 bits per heavy atom. The monoisotopic (exact) mass is 429 g/mol. The number of benzene rings is 2. The number of aromatic nitrogens is 2. The minimum Gasteiger partial charge on any atom is -0.322 e. The number of hydrogen-bond donors (Lipinski definition) is 1. The van der Waals surface area contributed by atoms with Gasteiger partial charge in [0.1, 0.15) is 0 Å². The molecule has 0 unspecified atom stereocenters. The molecule has 0 radical (unpaired) electrons. The highest BCUT2D eigenvalue weighted by atomic mass is 35.5. The first kappa shape index (κ1) is 21.4. The first-order chi connectivity index (χ1) is 13.8. The molecular weight excluding hydrogens is 405 g/mol. The number of carbonyl (C=O) groups excluding carboxylic acids is 1. The number of nitrogens with zero attached hydrogens (tertiary/aromatic N) is 2. The number of halogens is 2. The van der Waals surface area contributed by atoms with Crippen LogP contribution in [0.25, 0.3) is 0 Å². The Bertz CT molecular complexity index is 1010. The van der Waals surface area contributed by atoms with Gasteiger partial charge in [0.2, 0.25) is 0 Å². The van der Waals surface area contributed by atoms with Crippen LogP contribution in [0.3, 0.4) is 0 Å². The second-order valence-corrected chi connectivity index (χ2v) is 8.10. The van der Waals surface area contributed by atoms with E-state index in [9.17, 15) is 4.79 Å². The molecule has 6 heteroatoms. The lowest BCUT2D eigenvalue weighted by Crippen LogP contribution is -2.14. The van der Waals surface area contributed by atoms with Gasteiger partial charge in [-0.2, -0.15) is 5.10 Å². The van der Waals surface area contributed by atoms with Crippen molar-refractivity contribution in [1.82, 2.24) is 9.78 Å². The van der Waals surface area contributed by atoms with Gasteiger partial charge in [0.25, 0.3) is 5.91 Å². The number of hydrogen-bond acceptors (Lipinski definition) is 2. The predicted octanol–water partition coefficient (Wildman–Crippen LogP) is 6.62. The van der Waals surface area contributed by atoms with Gasteiger partial charge in [0.15, 0.2) is 0 Å². The van der Waals surface area contributed by atoms with Crippen LogP contribution in [0, 0.1) is 13.8 Å². The SMILES string of the molecule is CC[C@H](C)c1ccc(NC(=O)c2c(C)nn(Cc3c(Cl)cccc3Cl)c2C)cc1. The zero-order chi connectivity index (χ0) is 21.1.